The predicted octanol–water partition coefficient (Wildman–Crippen LogP) is 6.20. The fourth-order valence-corrected chi connectivity index (χ4v) is 4.07. The molecule has 1 aromatic carbocycles. The Kier molecular flexibility index (Phi) is 8.48. The smallest absolute Gasteiger partial charge is 0.0860 e. The topological polar surface area (TPSA) is 9.23 Å². The largest absolute Gasteiger partial charge is 0.369 e. The third-order valence-electron chi connectivity index (χ3n) is 3.70. The van der Waals surface area contributed by atoms with E-state index in [0.29, 0.717) is 6.61 Å². The van der Waals surface area contributed by atoms with Gasteiger partial charge in [-0.2, -0.15) is 0 Å². The van der Waals surface area contributed by atoms with Crippen LogP contribution in [0.15, 0.2) is 48.2 Å². The predicted molar refractivity (Wildman–Crippen MR) is 100.0 cm³/mol. The highest BCUT2D eigenvalue weighted by atomic mass is 28.3. The lowest BCUT2D eigenvalue weighted by atomic mass is 10.0. The van der Waals surface area contributed by atoms with Gasteiger partial charge in [-0.25, -0.2) is 0 Å². The van der Waals surface area contributed by atoms with Gasteiger partial charge in [-0.15, -0.1) is 5.73 Å². The van der Waals surface area contributed by atoms with E-state index < -0.39 is 8.07 Å². The molecule has 1 atom stereocenters. The summed E-state index contributed by atoms with van der Waals surface area (Å²) in [5.41, 5.74) is 5.72. The molecule has 0 heterocycles. The van der Waals surface area contributed by atoms with Crippen LogP contribution in [-0.4, -0.2) is 14.2 Å². The van der Waals surface area contributed by atoms with Crippen LogP contribution in [0, 0.1) is 0 Å². The fraction of sp³-hybridized carbons (Fsp3) is 0.550. The van der Waals surface area contributed by atoms with Gasteiger partial charge in [0.1, 0.15) is 0 Å². The normalized spacial score (nSPS) is 12.7. The van der Waals surface area contributed by atoms with Crippen molar-refractivity contribution in [3.8, 4) is 0 Å². The van der Waals surface area contributed by atoms with Crippen LogP contribution < -0.4 is 0 Å². The summed E-state index contributed by atoms with van der Waals surface area (Å²) in [5.74, 6) is 0. The van der Waals surface area contributed by atoms with E-state index in [1.54, 1.807) is 0 Å². The summed E-state index contributed by atoms with van der Waals surface area (Å²) in [6, 6.07) is 11.6. The van der Waals surface area contributed by atoms with Crippen LogP contribution in [0.25, 0.3) is 0 Å². The highest BCUT2D eigenvalue weighted by Gasteiger charge is 2.22. The zero-order chi connectivity index (χ0) is 16.4. The number of unbranched alkanes of at least 4 members (excludes halogenated alkanes) is 2. The van der Waals surface area contributed by atoms with Crippen molar-refractivity contribution in [2.24, 2.45) is 0 Å². The summed E-state index contributed by atoms with van der Waals surface area (Å²) in [5, 5.41) is 0. The van der Waals surface area contributed by atoms with Crippen LogP contribution in [0.5, 0.6) is 0 Å². The van der Waals surface area contributed by atoms with Crippen molar-refractivity contribution in [1.82, 2.24) is 0 Å². The standard InChI is InChI=1S/C20H32OSi/c1-6-8-10-15-20(19(7-2)17-22(3,4)5)21-16-18-13-11-9-12-14-18/h9,11-14,20H,2,6,8,10,15-17H2,1,3-5H3. The Morgan fingerprint density at radius 1 is 1.18 bits per heavy atom. The maximum atomic E-state index is 6.26. The Morgan fingerprint density at radius 2 is 1.86 bits per heavy atom. The Bertz CT molecular complexity index is 466. The second-order valence-corrected chi connectivity index (χ2v) is 12.7. The highest BCUT2D eigenvalue weighted by Crippen LogP contribution is 2.24. The number of hydrogen-bond donors (Lipinski definition) is 0. The summed E-state index contributed by atoms with van der Waals surface area (Å²) in [4.78, 5) is 0. The first-order valence-electron chi connectivity index (χ1n) is 8.50. The molecule has 0 bridgehead atoms. The molecule has 0 fully saturated rings. The van der Waals surface area contributed by atoms with E-state index in [1.807, 2.05) is 6.07 Å². The van der Waals surface area contributed by atoms with Crippen LogP contribution in [0.1, 0.15) is 38.2 Å². The SMILES string of the molecule is C=C=C(C[Si](C)(C)C)C(CCCCC)OCc1ccccc1. The highest BCUT2D eigenvalue weighted by molar-refractivity contribution is 6.76. The minimum atomic E-state index is -1.18. The van der Waals surface area contributed by atoms with Gasteiger partial charge in [0, 0.05) is 8.07 Å². The molecule has 0 saturated carbocycles. The van der Waals surface area contributed by atoms with E-state index >= 15 is 0 Å². The van der Waals surface area contributed by atoms with Crippen molar-refractivity contribution in [3.63, 3.8) is 0 Å². The minimum Gasteiger partial charge on any atom is -0.369 e. The van der Waals surface area contributed by atoms with Gasteiger partial charge in [0.25, 0.3) is 0 Å². The molecule has 0 N–H and O–H groups in total. The van der Waals surface area contributed by atoms with Gasteiger partial charge in [0.15, 0.2) is 0 Å². The average Bonchev–Trinajstić information content (AvgIpc) is 2.49. The first-order valence-corrected chi connectivity index (χ1v) is 12.2. The minimum absolute atomic E-state index is 0.177. The number of benzene rings is 1. The van der Waals surface area contributed by atoms with Gasteiger partial charge >= 0.3 is 0 Å². The molecule has 122 valence electrons. The van der Waals surface area contributed by atoms with E-state index in [-0.39, 0.29) is 6.10 Å². The molecule has 1 nitrogen and oxygen atoms in total. The van der Waals surface area contributed by atoms with Gasteiger partial charge in [0.05, 0.1) is 12.7 Å². The number of rotatable bonds is 10. The van der Waals surface area contributed by atoms with Gasteiger partial charge in [-0.05, 0) is 23.6 Å². The lowest BCUT2D eigenvalue weighted by Gasteiger charge is -2.24. The molecule has 22 heavy (non-hydrogen) atoms. The zero-order valence-electron chi connectivity index (χ0n) is 14.8. The molecule has 0 aliphatic heterocycles. The van der Waals surface area contributed by atoms with Crippen LogP contribution in [-0.2, 0) is 11.3 Å². The molecule has 0 radical (unpaired) electrons. The van der Waals surface area contributed by atoms with Crippen molar-refractivity contribution >= 4 is 8.07 Å². The lowest BCUT2D eigenvalue weighted by Crippen LogP contribution is -2.25. The number of ether oxygens (including phenoxy) is 1. The van der Waals surface area contributed by atoms with E-state index in [9.17, 15) is 0 Å². The second kappa shape index (κ2) is 9.84. The Balaban J connectivity index is 2.71. The van der Waals surface area contributed by atoms with Crippen LogP contribution >= 0.6 is 0 Å². The lowest BCUT2D eigenvalue weighted by molar-refractivity contribution is 0.0573. The van der Waals surface area contributed by atoms with E-state index in [2.05, 4.69) is 63.1 Å². The van der Waals surface area contributed by atoms with E-state index in [1.165, 1.54) is 30.4 Å². The second-order valence-electron chi connectivity index (χ2n) is 7.22. The molecular weight excluding hydrogens is 284 g/mol. The van der Waals surface area contributed by atoms with Gasteiger partial charge in [0.2, 0.25) is 0 Å². The molecule has 2 heteroatoms. The van der Waals surface area contributed by atoms with Crippen molar-refractivity contribution in [2.45, 2.75) is 71.0 Å². The molecule has 0 spiro atoms. The Hall–Kier alpha value is -1.08. The maximum absolute atomic E-state index is 6.26. The molecule has 0 aromatic heterocycles. The molecule has 0 aliphatic carbocycles. The van der Waals surface area contributed by atoms with Gasteiger partial charge < -0.3 is 4.74 Å². The fourth-order valence-electron chi connectivity index (χ4n) is 2.57. The third kappa shape index (κ3) is 7.79. The summed E-state index contributed by atoms with van der Waals surface area (Å²) in [7, 11) is -1.18. The first-order chi connectivity index (χ1) is 10.5. The molecule has 1 unspecified atom stereocenters. The Labute approximate surface area is 138 Å². The Morgan fingerprint density at radius 3 is 2.41 bits per heavy atom. The monoisotopic (exact) mass is 316 g/mol. The van der Waals surface area contributed by atoms with Crippen molar-refractivity contribution in [1.29, 1.82) is 0 Å². The van der Waals surface area contributed by atoms with Crippen LogP contribution in [0.3, 0.4) is 0 Å². The quantitative estimate of drug-likeness (QED) is 0.283. The molecule has 1 aromatic rings. The van der Waals surface area contributed by atoms with Crippen LogP contribution in [0.2, 0.25) is 25.7 Å². The average molecular weight is 317 g/mol. The molecule has 1 rings (SSSR count). The van der Waals surface area contributed by atoms with Gasteiger partial charge in [-0.3, -0.25) is 0 Å². The van der Waals surface area contributed by atoms with Crippen molar-refractivity contribution in [2.75, 3.05) is 0 Å². The van der Waals surface area contributed by atoms with E-state index in [0.717, 1.165) is 12.5 Å². The molecule has 0 aliphatic rings. The third-order valence-corrected chi connectivity index (χ3v) is 5.14. The summed E-state index contributed by atoms with van der Waals surface area (Å²) in [6.45, 7) is 14.0. The first kappa shape index (κ1) is 19.0. The van der Waals surface area contributed by atoms with Gasteiger partial charge in [-0.1, -0.05) is 82.7 Å². The molecule has 0 amide bonds. The zero-order valence-corrected chi connectivity index (χ0v) is 15.8. The van der Waals surface area contributed by atoms with Crippen molar-refractivity contribution < 1.29 is 4.74 Å². The molecular formula is C20H32OSi. The van der Waals surface area contributed by atoms with Crippen LogP contribution in [0.4, 0.5) is 0 Å². The maximum Gasteiger partial charge on any atom is 0.0860 e. The summed E-state index contributed by atoms with van der Waals surface area (Å²) < 4.78 is 6.26. The summed E-state index contributed by atoms with van der Waals surface area (Å²) >= 11 is 0. The molecule has 0 saturated heterocycles. The summed E-state index contributed by atoms with van der Waals surface area (Å²) in [6.07, 6.45) is 4.99. The van der Waals surface area contributed by atoms with Crippen molar-refractivity contribution in [3.05, 3.63) is 53.8 Å². The van der Waals surface area contributed by atoms with E-state index in [4.69, 9.17) is 4.74 Å². The number of hydrogen-bond acceptors (Lipinski definition) is 1.